The number of nitrogens with one attached hydrogen (secondary N) is 1. The maximum atomic E-state index is 13.1. The van der Waals surface area contributed by atoms with Crippen molar-refractivity contribution in [1.29, 1.82) is 0 Å². The maximum Gasteiger partial charge on any atom is 0.157 e. The van der Waals surface area contributed by atoms with Gasteiger partial charge in [-0.25, -0.2) is 9.37 Å². The van der Waals surface area contributed by atoms with Crippen LogP contribution in [0.1, 0.15) is 31.9 Å². The third kappa shape index (κ3) is 3.36. The first-order valence-corrected chi connectivity index (χ1v) is 9.19. The fourth-order valence-electron chi connectivity index (χ4n) is 3.49. The van der Waals surface area contributed by atoms with Crippen LogP contribution in [-0.2, 0) is 0 Å². The van der Waals surface area contributed by atoms with Crippen LogP contribution < -0.4 is 10.2 Å². The molecule has 136 valence electrons. The second-order valence-corrected chi connectivity index (χ2v) is 7.28. The SMILES string of the molecule is CC(C)c1cc(NC[C@H]2CCN(c3ccc(F)cc3)C2)n2nccc2n1. The Labute approximate surface area is 152 Å². The molecule has 1 aliphatic heterocycles. The Morgan fingerprint density at radius 1 is 1.23 bits per heavy atom. The third-order valence-electron chi connectivity index (χ3n) is 5.02. The highest BCUT2D eigenvalue weighted by Crippen LogP contribution is 2.25. The molecule has 1 saturated heterocycles. The Hall–Kier alpha value is -2.63. The number of rotatable bonds is 5. The molecule has 5 nitrogen and oxygen atoms in total. The van der Waals surface area contributed by atoms with E-state index in [0.29, 0.717) is 11.8 Å². The monoisotopic (exact) mass is 353 g/mol. The van der Waals surface area contributed by atoms with Gasteiger partial charge >= 0.3 is 0 Å². The van der Waals surface area contributed by atoms with Crippen molar-refractivity contribution < 1.29 is 4.39 Å². The molecule has 0 aliphatic carbocycles. The van der Waals surface area contributed by atoms with Gasteiger partial charge in [-0.1, -0.05) is 13.8 Å². The van der Waals surface area contributed by atoms with E-state index < -0.39 is 0 Å². The predicted molar refractivity (Wildman–Crippen MR) is 102 cm³/mol. The number of hydrogen-bond acceptors (Lipinski definition) is 4. The number of anilines is 2. The van der Waals surface area contributed by atoms with Crippen molar-refractivity contribution >= 4 is 17.2 Å². The molecule has 0 saturated carbocycles. The van der Waals surface area contributed by atoms with E-state index in [-0.39, 0.29) is 5.82 Å². The van der Waals surface area contributed by atoms with Crippen LogP contribution in [-0.4, -0.2) is 34.2 Å². The van der Waals surface area contributed by atoms with E-state index in [1.165, 1.54) is 12.1 Å². The van der Waals surface area contributed by atoms with Crippen LogP contribution in [0.3, 0.4) is 0 Å². The molecule has 1 aliphatic rings. The molecule has 2 aromatic heterocycles. The van der Waals surface area contributed by atoms with Gasteiger partial charge in [-0.3, -0.25) is 0 Å². The lowest BCUT2D eigenvalue weighted by Gasteiger charge is -2.19. The average Bonchev–Trinajstić information content (AvgIpc) is 3.29. The van der Waals surface area contributed by atoms with Gasteiger partial charge in [0, 0.05) is 43.1 Å². The van der Waals surface area contributed by atoms with Crippen LogP contribution in [0.4, 0.5) is 15.9 Å². The molecule has 0 amide bonds. The summed E-state index contributed by atoms with van der Waals surface area (Å²) in [6, 6.07) is 10.8. The molecule has 1 N–H and O–H groups in total. The zero-order chi connectivity index (χ0) is 18.1. The normalized spacial score (nSPS) is 17.4. The van der Waals surface area contributed by atoms with E-state index in [1.54, 1.807) is 6.20 Å². The molecule has 3 aromatic rings. The highest BCUT2D eigenvalue weighted by Gasteiger charge is 2.23. The third-order valence-corrected chi connectivity index (χ3v) is 5.02. The molecular formula is C20H24FN5. The van der Waals surface area contributed by atoms with Gasteiger partial charge < -0.3 is 10.2 Å². The highest BCUT2D eigenvalue weighted by molar-refractivity contribution is 5.50. The maximum absolute atomic E-state index is 13.1. The Morgan fingerprint density at radius 3 is 2.81 bits per heavy atom. The van der Waals surface area contributed by atoms with Crippen LogP contribution >= 0.6 is 0 Å². The van der Waals surface area contributed by atoms with Gasteiger partial charge in [0.25, 0.3) is 0 Å². The largest absolute Gasteiger partial charge is 0.371 e. The molecule has 26 heavy (non-hydrogen) atoms. The van der Waals surface area contributed by atoms with Crippen molar-refractivity contribution in [2.45, 2.75) is 26.2 Å². The highest BCUT2D eigenvalue weighted by atomic mass is 19.1. The van der Waals surface area contributed by atoms with Crippen molar-refractivity contribution in [3.8, 4) is 0 Å². The Morgan fingerprint density at radius 2 is 2.04 bits per heavy atom. The summed E-state index contributed by atoms with van der Waals surface area (Å²) in [4.78, 5) is 6.98. The average molecular weight is 353 g/mol. The molecule has 6 heteroatoms. The molecule has 4 rings (SSSR count). The summed E-state index contributed by atoms with van der Waals surface area (Å²) in [6.45, 7) is 7.16. The lowest BCUT2D eigenvalue weighted by atomic mass is 10.1. The van der Waals surface area contributed by atoms with Crippen molar-refractivity contribution in [1.82, 2.24) is 14.6 Å². The zero-order valence-corrected chi connectivity index (χ0v) is 15.2. The first-order chi connectivity index (χ1) is 12.6. The summed E-state index contributed by atoms with van der Waals surface area (Å²) in [5, 5.41) is 7.95. The fourth-order valence-corrected chi connectivity index (χ4v) is 3.49. The summed E-state index contributed by atoms with van der Waals surface area (Å²) < 4.78 is 15.0. The quantitative estimate of drug-likeness (QED) is 0.755. The minimum Gasteiger partial charge on any atom is -0.371 e. The number of hydrogen-bond donors (Lipinski definition) is 1. The van der Waals surface area contributed by atoms with Crippen LogP contribution in [0.2, 0.25) is 0 Å². The fraction of sp³-hybridized carbons (Fsp3) is 0.400. The number of benzene rings is 1. The molecule has 0 bridgehead atoms. The Bertz CT molecular complexity index is 887. The van der Waals surface area contributed by atoms with Crippen LogP contribution in [0, 0.1) is 11.7 Å². The summed E-state index contributed by atoms with van der Waals surface area (Å²) in [6.07, 6.45) is 2.90. The van der Waals surface area contributed by atoms with Gasteiger partial charge in [0.05, 0.1) is 6.20 Å². The summed E-state index contributed by atoms with van der Waals surface area (Å²) >= 11 is 0. The van der Waals surface area contributed by atoms with E-state index in [0.717, 1.165) is 48.9 Å². The van der Waals surface area contributed by atoms with E-state index >= 15 is 0 Å². The summed E-state index contributed by atoms with van der Waals surface area (Å²) in [7, 11) is 0. The molecule has 0 spiro atoms. The second-order valence-electron chi connectivity index (χ2n) is 7.28. The van der Waals surface area contributed by atoms with Crippen molar-refractivity contribution in [2.24, 2.45) is 5.92 Å². The Balaban J connectivity index is 1.44. The van der Waals surface area contributed by atoms with E-state index in [4.69, 9.17) is 0 Å². The number of fused-ring (bicyclic) bond motifs is 1. The Kier molecular flexibility index (Phi) is 4.49. The van der Waals surface area contributed by atoms with Crippen LogP contribution in [0.15, 0.2) is 42.6 Å². The molecule has 0 radical (unpaired) electrons. The van der Waals surface area contributed by atoms with Crippen molar-refractivity contribution in [3.05, 3.63) is 54.1 Å². The van der Waals surface area contributed by atoms with Gasteiger partial charge in [-0.2, -0.15) is 9.61 Å². The summed E-state index contributed by atoms with van der Waals surface area (Å²) in [5.74, 6) is 1.72. The molecular weight excluding hydrogens is 329 g/mol. The van der Waals surface area contributed by atoms with Gasteiger partial charge in [-0.05, 0) is 42.5 Å². The minimum atomic E-state index is -0.187. The van der Waals surface area contributed by atoms with Crippen molar-refractivity contribution in [2.75, 3.05) is 29.9 Å². The molecule has 1 aromatic carbocycles. The molecule has 0 unspecified atom stereocenters. The van der Waals surface area contributed by atoms with E-state index in [1.807, 2.05) is 22.7 Å². The standard InChI is InChI=1S/C20H24FN5/c1-14(2)18-11-20(26-19(24-18)7-9-23-26)22-12-15-8-10-25(13-15)17-5-3-16(21)4-6-17/h3-7,9,11,14-15,22H,8,10,12-13H2,1-2H3/t15-/m1/s1. The smallest absolute Gasteiger partial charge is 0.157 e. The number of aromatic nitrogens is 3. The molecule has 3 heterocycles. The lowest BCUT2D eigenvalue weighted by Crippen LogP contribution is -2.23. The van der Waals surface area contributed by atoms with Gasteiger partial charge in [-0.15, -0.1) is 0 Å². The molecule has 1 fully saturated rings. The van der Waals surface area contributed by atoms with E-state index in [9.17, 15) is 4.39 Å². The second kappa shape index (κ2) is 6.94. The van der Waals surface area contributed by atoms with Gasteiger partial charge in [0.2, 0.25) is 0 Å². The van der Waals surface area contributed by atoms with Gasteiger partial charge in [0.1, 0.15) is 11.6 Å². The number of halogens is 1. The number of nitrogens with zero attached hydrogens (tertiary/aromatic N) is 4. The first kappa shape index (κ1) is 16.8. The van der Waals surface area contributed by atoms with Gasteiger partial charge in [0.15, 0.2) is 5.65 Å². The topological polar surface area (TPSA) is 45.5 Å². The first-order valence-electron chi connectivity index (χ1n) is 9.19. The lowest BCUT2D eigenvalue weighted by molar-refractivity contribution is 0.618. The van der Waals surface area contributed by atoms with Crippen LogP contribution in [0.5, 0.6) is 0 Å². The van der Waals surface area contributed by atoms with E-state index in [2.05, 4.69) is 40.2 Å². The van der Waals surface area contributed by atoms with Crippen LogP contribution in [0.25, 0.3) is 5.65 Å². The zero-order valence-electron chi connectivity index (χ0n) is 15.2. The minimum absolute atomic E-state index is 0.187. The van der Waals surface area contributed by atoms with Crippen molar-refractivity contribution in [3.63, 3.8) is 0 Å². The predicted octanol–water partition coefficient (Wildman–Crippen LogP) is 3.93. The summed E-state index contributed by atoms with van der Waals surface area (Å²) in [5.41, 5.74) is 3.03. The molecule has 1 atom stereocenters.